The number of nitrogens with one attached hydrogen (secondary N) is 1. The van der Waals surface area contributed by atoms with Crippen molar-refractivity contribution in [2.45, 2.75) is 25.8 Å². The zero-order valence-electron chi connectivity index (χ0n) is 15.0. The Bertz CT molecular complexity index is 671. The van der Waals surface area contributed by atoms with Gasteiger partial charge >= 0.3 is 6.03 Å². The Morgan fingerprint density at radius 1 is 1.16 bits per heavy atom. The Kier molecular flexibility index (Phi) is 6.81. The minimum absolute atomic E-state index is 0.0494. The maximum atomic E-state index is 12.9. The van der Waals surface area contributed by atoms with Gasteiger partial charge in [-0.15, -0.1) is 0 Å². The monoisotopic (exact) mass is 344 g/mol. The van der Waals surface area contributed by atoms with Crippen molar-refractivity contribution in [3.05, 3.63) is 65.5 Å². The van der Waals surface area contributed by atoms with Crippen molar-refractivity contribution in [1.82, 2.24) is 10.2 Å². The number of methoxy groups -OCH3 is 1. The van der Waals surface area contributed by atoms with Crippen molar-refractivity contribution in [2.75, 3.05) is 20.7 Å². The molecule has 2 rings (SSSR count). The molecule has 0 unspecified atom stereocenters. The van der Waals surface area contributed by atoms with Crippen LogP contribution in [0.15, 0.2) is 48.5 Å². The van der Waals surface area contributed by atoms with E-state index in [4.69, 9.17) is 4.74 Å². The van der Waals surface area contributed by atoms with Gasteiger partial charge in [-0.3, -0.25) is 0 Å². The quantitative estimate of drug-likeness (QED) is 0.819. The first-order valence-corrected chi connectivity index (χ1v) is 8.43. The summed E-state index contributed by atoms with van der Waals surface area (Å²) in [4.78, 5) is 14.1. The third kappa shape index (κ3) is 5.48. The van der Waals surface area contributed by atoms with Crippen molar-refractivity contribution in [3.63, 3.8) is 0 Å². The molecule has 5 heteroatoms. The van der Waals surface area contributed by atoms with Crippen LogP contribution in [0.25, 0.3) is 0 Å². The number of hydrogen-bond acceptors (Lipinski definition) is 2. The van der Waals surface area contributed by atoms with Crippen LogP contribution in [0.3, 0.4) is 0 Å². The molecule has 0 saturated heterocycles. The van der Waals surface area contributed by atoms with Crippen molar-refractivity contribution in [2.24, 2.45) is 0 Å². The molecule has 25 heavy (non-hydrogen) atoms. The number of benzene rings is 2. The smallest absolute Gasteiger partial charge is 0.317 e. The molecule has 0 bridgehead atoms. The van der Waals surface area contributed by atoms with Gasteiger partial charge in [-0.05, 0) is 48.2 Å². The van der Waals surface area contributed by atoms with Crippen LogP contribution in [-0.2, 0) is 6.42 Å². The van der Waals surface area contributed by atoms with Crippen molar-refractivity contribution >= 4 is 6.03 Å². The minimum Gasteiger partial charge on any atom is -0.497 e. The largest absolute Gasteiger partial charge is 0.497 e. The number of halogens is 1. The molecule has 0 aliphatic heterocycles. The average Bonchev–Trinajstić information content (AvgIpc) is 2.65. The second-order valence-corrected chi connectivity index (χ2v) is 5.98. The summed E-state index contributed by atoms with van der Waals surface area (Å²) in [5, 5.41) is 3.05. The molecule has 0 spiro atoms. The van der Waals surface area contributed by atoms with E-state index in [1.165, 1.54) is 12.1 Å². The highest BCUT2D eigenvalue weighted by atomic mass is 19.1. The summed E-state index contributed by atoms with van der Waals surface area (Å²) in [6.07, 6.45) is 1.48. The van der Waals surface area contributed by atoms with Gasteiger partial charge in [-0.2, -0.15) is 0 Å². The first-order chi connectivity index (χ1) is 12.0. The van der Waals surface area contributed by atoms with Crippen LogP contribution >= 0.6 is 0 Å². The Morgan fingerprint density at radius 2 is 1.80 bits per heavy atom. The number of hydrogen-bond donors (Lipinski definition) is 1. The van der Waals surface area contributed by atoms with Crippen LogP contribution in [0, 0.1) is 5.82 Å². The summed E-state index contributed by atoms with van der Waals surface area (Å²) in [6, 6.07) is 13.9. The van der Waals surface area contributed by atoms with Gasteiger partial charge in [-0.1, -0.05) is 31.2 Å². The highest BCUT2D eigenvalue weighted by molar-refractivity contribution is 5.74. The van der Waals surface area contributed by atoms with Gasteiger partial charge in [0.1, 0.15) is 11.6 Å². The molecule has 2 aromatic carbocycles. The van der Waals surface area contributed by atoms with E-state index in [0.29, 0.717) is 13.0 Å². The predicted octanol–water partition coefficient (Wildman–Crippen LogP) is 4.17. The molecule has 134 valence electrons. The standard InChI is InChI=1S/C20H25FN2O2/c1-4-19(16-7-11-18(25-3)12-8-16)22-20(24)23(2)14-13-15-5-9-17(21)10-6-15/h5-12,19H,4,13-14H2,1-3H3,(H,22,24)/t19-/m1/s1. The number of urea groups is 1. The van der Waals surface area contributed by atoms with Gasteiger partial charge in [0.05, 0.1) is 13.2 Å². The second-order valence-electron chi connectivity index (χ2n) is 5.98. The predicted molar refractivity (Wildman–Crippen MR) is 97.3 cm³/mol. The van der Waals surface area contributed by atoms with Crippen LogP contribution in [0.4, 0.5) is 9.18 Å². The molecule has 1 N–H and O–H groups in total. The molecule has 2 amide bonds. The maximum Gasteiger partial charge on any atom is 0.317 e. The summed E-state index contributed by atoms with van der Waals surface area (Å²) >= 11 is 0. The van der Waals surface area contributed by atoms with Crippen LogP contribution in [-0.4, -0.2) is 31.6 Å². The van der Waals surface area contributed by atoms with Crippen molar-refractivity contribution in [3.8, 4) is 5.75 Å². The van der Waals surface area contributed by atoms with Crippen molar-refractivity contribution < 1.29 is 13.9 Å². The molecule has 0 saturated carbocycles. The zero-order chi connectivity index (χ0) is 18.2. The molecule has 0 fully saturated rings. The SMILES string of the molecule is CC[C@@H](NC(=O)N(C)CCc1ccc(F)cc1)c1ccc(OC)cc1. The number of carbonyl (C=O) groups is 1. The zero-order valence-corrected chi connectivity index (χ0v) is 15.0. The third-order valence-electron chi connectivity index (χ3n) is 4.22. The molecule has 2 aromatic rings. The van der Waals surface area contributed by atoms with Gasteiger partial charge in [0, 0.05) is 13.6 Å². The first-order valence-electron chi connectivity index (χ1n) is 8.43. The molecule has 0 aliphatic carbocycles. The lowest BCUT2D eigenvalue weighted by molar-refractivity contribution is 0.204. The van der Waals surface area contributed by atoms with E-state index in [9.17, 15) is 9.18 Å². The molecular weight excluding hydrogens is 319 g/mol. The molecule has 0 aliphatic rings. The Hall–Kier alpha value is -2.56. The van der Waals surface area contributed by atoms with Gasteiger partial charge < -0.3 is 15.0 Å². The fraction of sp³-hybridized carbons (Fsp3) is 0.350. The number of rotatable bonds is 7. The highest BCUT2D eigenvalue weighted by Crippen LogP contribution is 2.20. The summed E-state index contributed by atoms with van der Waals surface area (Å²) < 4.78 is 18.1. The van der Waals surface area contributed by atoms with E-state index < -0.39 is 0 Å². The van der Waals surface area contributed by atoms with E-state index in [0.717, 1.165) is 23.3 Å². The average molecular weight is 344 g/mol. The van der Waals surface area contributed by atoms with Gasteiger partial charge in [0.15, 0.2) is 0 Å². The van der Waals surface area contributed by atoms with Crippen LogP contribution in [0.5, 0.6) is 5.75 Å². The lowest BCUT2D eigenvalue weighted by Gasteiger charge is -2.23. The van der Waals surface area contributed by atoms with E-state index >= 15 is 0 Å². The Morgan fingerprint density at radius 3 is 2.36 bits per heavy atom. The summed E-state index contributed by atoms with van der Waals surface area (Å²) in [5.41, 5.74) is 2.05. The van der Waals surface area contributed by atoms with Gasteiger partial charge in [0.25, 0.3) is 0 Å². The molecular formula is C20H25FN2O2. The third-order valence-corrected chi connectivity index (χ3v) is 4.22. The molecule has 1 atom stereocenters. The van der Waals surface area contributed by atoms with Crippen LogP contribution in [0.1, 0.15) is 30.5 Å². The lowest BCUT2D eigenvalue weighted by atomic mass is 10.0. The van der Waals surface area contributed by atoms with Gasteiger partial charge in [0.2, 0.25) is 0 Å². The minimum atomic E-state index is -0.250. The normalized spacial score (nSPS) is 11.7. The molecule has 0 radical (unpaired) electrons. The first kappa shape index (κ1) is 18.8. The number of carbonyl (C=O) groups excluding carboxylic acids is 1. The molecule has 0 aromatic heterocycles. The second kappa shape index (κ2) is 9.06. The van der Waals surface area contributed by atoms with Crippen LogP contribution in [0.2, 0.25) is 0 Å². The lowest BCUT2D eigenvalue weighted by Crippen LogP contribution is -2.40. The highest BCUT2D eigenvalue weighted by Gasteiger charge is 2.15. The Labute approximate surface area is 148 Å². The topological polar surface area (TPSA) is 41.6 Å². The van der Waals surface area contributed by atoms with Crippen LogP contribution < -0.4 is 10.1 Å². The van der Waals surface area contributed by atoms with Gasteiger partial charge in [-0.25, -0.2) is 9.18 Å². The van der Waals surface area contributed by atoms with E-state index in [1.807, 2.05) is 31.2 Å². The fourth-order valence-corrected chi connectivity index (χ4v) is 2.57. The Balaban J connectivity index is 1.90. The number of nitrogens with zero attached hydrogens (tertiary/aromatic N) is 1. The molecule has 0 heterocycles. The fourth-order valence-electron chi connectivity index (χ4n) is 2.57. The number of ether oxygens (including phenoxy) is 1. The molecule has 4 nitrogen and oxygen atoms in total. The number of likely N-dealkylation sites (N-methyl/N-ethyl adjacent to an activating group) is 1. The van der Waals surface area contributed by atoms with E-state index in [-0.39, 0.29) is 17.9 Å². The summed E-state index contributed by atoms with van der Waals surface area (Å²) in [6.45, 7) is 2.60. The van der Waals surface area contributed by atoms with E-state index in [2.05, 4.69) is 5.32 Å². The summed E-state index contributed by atoms with van der Waals surface area (Å²) in [7, 11) is 3.39. The van der Waals surface area contributed by atoms with E-state index in [1.54, 1.807) is 31.2 Å². The number of amides is 2. The summed E-state index contributed by atoms with van der Waals surface area (Å²) in [5.74, 6) is 0.543. The van der Waals surface area contributed by atoms with Crippen molar-refractivity contribution in [1.29, 1.82) is 0 Å². The maximum absolute atomic E-state index is 12.9.